The smallest absolute Gasteiger partial charge is 0.149 e. The van der Waals surface area contributed by atoms with Gasteiger partial charge in [-0.15, -0.1) is 0 Å². The Kier molecular flexibility index (Phi) is 4.39. The summed E-state index contributed by atoms with van der Waals surface area (Å²) in [7, 11) is 0. The van der Waals surface area contributed by atoms with Gasteiger partial charge in [0.25, 0.3) is 0 Å². The van der Waals surface area contributed by atoms with Crippen molar-refractivity contribution in [1.82, 2.24) is 4.90 Å². The molecule has 2 aliphatic rings. The normalized spacial score (nSPS) is 34.4. The minimum absolute atomic E-state index is 0.271. The minimum Gasteiger partial charge on any atom is -0.298 e. The minimum atomic E-state index is 0.271. The van der Waals surface area contributed by atoms with Crippen LogP contribution < -0.4 is 0 Å². The predicted octanol–water partition coefficient (Wildman–Crippen LogP) is 3.01. The van der Waals surface area contributed by atoms with Gasteiger partial charge in [-0.25, -0.2) is 0 Å². The van der Waals surface area contributed by atoms with E-state index in [1.54, 1.807) is 0 Å². The van der Waals surface area contributed by atoms with Crippen molar-refractivity contribution in [2.75, 3.05) is 13.1 Å². The predicted molar refractivity (Wildman–Crippen MR) is 66.5 cm³/mol. The van der Waals surface area contributed by atoms with Crippen molar-refractivity contribution in [3.05, 3.63) is 0 Å². The molecule has 2 unspecified atom stereocenters. The first-order chi connectivity index (χ1) is 7.77. The highest BCUT2D eigenvalue weighted by Crippen LogP contribution is 2.24. The third-order valence-electron chi connectivity index (χ3n) is 4.26. The molecular weight excluding hydrogens is 198 g/mol. The van der Waals surface area contributed by atoms with E-state index in [1.807, 2.05) is 0 Å². The van der Waals surface area contributed by atoms with Crippen molar-refractivity contribution in [2.24, 2.45) is 5.92 Å². The molecule has 1 aliphatic carbocycles. The van der Waals surface area contributed by atoms with Crippen molar-refractivity contribution in [3.8, 4) is 0 Å². The summed E-state index contributed by atoms with van der Waals surface area (Å²) in [4.78, 5) is 14.5. The van der Waals surface area contributed by atoms with Crippen LogP contribution in [0, 0.1) is 5.92 Å². The van der Waals surface area contributed by atoms with Crippen LogP contribution in [0.3, 0.4) is 0 Å². The lowest BCUT2D eigenvalue weighted by molar-refractivity contribution is -0.124. The summed E-state index contributed by atoms with van der Waals surface area (Å²) in [5, 5.41) is 0. The van der Waals surface area contributed by atoms with Crippen LogP contribution in [0.2, 0.25) is 0 Å². The zero-order chi connectivity index (χ0) is 11.4. The lowest BCUT2D eigenvalue weighted by Crippen LogP contribution is -2.41. The number of Topliss-reactive ketones (excluding diaryl/α,β-unsaturated/α-hetero) is 1. The van der Waals surface area contributed by atoms with Gasteiger partial charge < -0.3 is 0 Å². The van der Waals surface area contributed by atoms with Crippen molar-refractivity contribution in [2.45, 2.75) is 64.3 Å². The van der Waals surface area contributed by atoms with Gasteiger partial charge in [-0.05, 0) is 51.1 Å². The van der Waals surface area contributed by atoms with E-state index >= 15 is 0 Å². The van der Waals surface area contributed by atoms with Gasteiger partial charge >= 0.3 is 0 Å². The Morgan fingerprint density at radius 1 is 1.00 bits per heavy atom. The van der Waals surface area contributed by atoms with E-state index < -0.39 is 0 Å². The van der Waals surface area contributed by atoms with E-state index in [0.717, 1.165) is 38.3 Å². The SMILES string of the molecule is CC1CCCN(C2CCCCCC2=O)CC1. The molecule has 0 aromatic carbocycles. The summed E-state index contributed by atoms with van der Waals surface area (Å²) in [5.74, 6) is 1.37. The van der Waals surface area contributed by atoms with Crippen LogP contribution in [0.25, 0.3) is 0 Å². The first kappa shape index (κ1) is 12.1. The van der Waals surface area contributed by atoms with Crippen LogP contribution in [0.15, 0.2) is 0 Å². The zero-order valence-electron chi connectivity index (χ0n) is 10.6. The maximum absolute atomic E-state index is 12.1. The molecule has 2 nitrogen and oxygen atoms in total. The molecule has 92 valence electrons. The van der Waals surface area contributed by atoms with Crippen LogP contribution in [-0.4, -0.2) is 29.8 Å². The molecule has 2 heteroatoms. The van der Waals surface area contributed by atoms with Crippen molar-refractivity contribution < 1.29 is 4.79 Å². The Labute approximate surface area is 99.4 Å². The van der Waals surface area contributed by atoms with Gasteiger partial charge in [0, 0.05) is 6.42 Å². The number of carbonyl (C=O) groups is 1. The average Bonchev–Trinajstić information content (AvgIpc) is 2.59. The fourth-order valence-corrected chi connectivity index (χ4v) is 3.12. The number of hydrogen-bond donors (Lipinski definition) is 0. The monoisotopic (exact) mass is 223 g/mol. The van der Waals surface area contributed by atoms with Gasteiger partial charge in [-0.1, -0.05) is 19.8 Å². The van der Waals surface area contributed by atoms with E-state index in [4.69, 9.17) is 0 Å². The summed E-state index contributed by atoms with van der Waals surface area (Å²) in [5.41, 5.74) is 0. The number of ketones is 1. The maximum Gasteiger partial charge on any atom is 0.149 e. The summed E-state index contributed by atoms with van der Waals surface area (Å²) in [6.07, 6.45) is 9.49. The number of likely N-dealkylation sites (tertiary alicyclic amines) is 1. The fraction of sp³-hybridized carbons (Fsp3) is 0.929. The zero-order valence-corrected chi connectivity index (χ0v) is 10.6. The quantitative estimate of drug-likeness (QED) is 0.637. The second-order valence-corrected chi connectivity index (χ2v) is 5.65. The van der Waals surface area contributed by atoms with Gasteiger partial charge in [0.05, 0.1) is 6.04 Å². The topological polar surface area (TPSA) is 20.3 Å². The van der Waals surface area contributed by atoms with Crippen molar-refractivity contribution in [1.29, 1.82) is 0 Å². The molecule has 1 saturated heterocycles. The molecule has 0 radical (unpaired) electrons. The van der Waals surface area contributed by atoms with Crippen molar-refractivity contribution in [3.63, 3.8) is 0 Å². The Morgan fingerprint density at radius 3 is 2.75 bits per heavy atom. The molecule has 1 saturated carbocycles. The molecule has 16 heavy (non-hydrogen) atoms. The van der Waals surface area contributed by atoms with E-state index in [2.05, 4.69) is 11.8 Å². The molecule has 0 amide bonds. The Bertz CT molecular complexity index is 239. The van der Waals surface area contributed by atoms with E-state index in [1.165, 1.54) is 32.1 Å². The molecule has 0 N–H and O–H groups in total. The molecular formula is C14H25NO. The van der Waals surface area contributed by atoms with Crippen molar-refractivity contribution >= 4 is 5.78 Å². The fourth-order valence-electron chi connectivity index (χ4n) is 3.12. The number of rotatable bonds is 1. The Balaban J connectivity index is 1.95. The van der Waals surface area contributed by atoms with E-state index in [0.29, 0.717) is 5.78 Å². The van der Waals surface area contributed by atoms with Gasteiger partial charge in [-0.3, -0.25) is 9.69 Å². The summed E-state index contributed by atoms with van der Waals surface area (Å²) < 4.78 is 0. The lowest BCUT2D eigenvalue weighted by atomic mass is 10.0. The van der Waals surface area contributed by atoms with Gasteiger partial charge in [0.1, 0.15) is 5.78 Å². The van der Waals surface area contributed by atoms with Gasteiger partial charge in [0.2, 0.25) is 0 Å². The third-order valence-corrected chi connectivity index (χ3v) is 4.26. The summed E-state index contributed by atoms with van der Waals surface area (Å²) in [6, 6.07) is 0.271. The third kappa shape index (κ3) is 3.07. The Morgan fingerprint density at radius 2 is 1.88 bits per heavy atom. The van der Waals surface area contributed by atoms with Crippen LogP contribution in [-0.2, 0) is 4.79 Å². The molecule has 2 fully saturated rings. The molecule has 1 aliphatic heterocycles. The number of nitrogens with zero attached hydrogens (tertiary/aromatic N) is 1. The second kappa shape index (κ2) is 5.81. The highest BCUT2D eigenvalue weighted by atomic mass is 16.1. The second-order valence-electron chi connectivity index (χ2n) is 5.65. The van der Waals surface area contributed by atoms with E-state index in [9.17, 15) is 4.79 Å². The molecule has 2 rings (SSSR count). The summed E-state index contributed by atoms with van der Waals surface area (Å²) in [6.45, 7) is 4.65. The Hall–Kier alpha value is -0.370. The largest absolute Gasteiger partial charge is 0.298 e. The first-order valence-corrected chi connectivity index (χ1v) is 7.04. The number of carbonyl (C=O) groups excluding carboxylic acids is 1. The highest BCUT2D eigenvalue weighted by molar-refractivity contribution is 5.84. The molecule has 0 spiro atoms. The highest BCUT2D eigenvalue weighted by Gasteiger charge is 2.27. The summed E-state index contributed by atoms with van der Waals surface area (Å²) >= 11 is 0. The molecule has 0 bridgehead atoms. The lowest BCUT2D eigenvalue weighted by Gasteiger charge is -2.28. The van der Waals surface area contributed by atoms with Crippen LogP contribution >= 0.6 is 0 Å². The number of hydrogen-bond acceptors (Lipinski definition) is 2. The molecule has 0 aromatic rings. The van der Waals surface area contributed by atoms with Crippen LogP contribution in [0.5, 0.6) is 0 Å². The van der Waals surface area contributed by atoms with Crippen LogP contribution in [0.1, 0.15) is 58.3 Å². The molecule has 1 heterocycles. The average molecular weight is 223 g/mol. The molecule has 0 aromatic heterocycles. The first-order valence-electron chi connectivity index (χ1n) is 7.04. The van der Waals surface area contributed by atoms with Gasteiger partial charge in [-0.2, -0.15) is 0 Å². The standard InChI is InChI=1S/C14H25NO/c1-12-6-5-10-15(11-9-12)13-7-3-2-4-8-14(13)16/h12-13H,2-11H2,1H3. The van der Waals surface area contributed by atoms with Crippen LogP contribution in [0.4, 0.5) is 0 Å². The molecule has 2 atom stereocenters. The van der Waals surface area contributed by atoms with Gasteiger partial charge in [0.15, 0.2) is 0 Å². The van der Waals surface area contributed by atoms with E-state index in [-0.39, 0.29) is 6.04 Å². The maximum atomic E-state index is 12.1.